The van der Waals surface area contributed by atoms with E-state index in [1.165, 1.54) is 5.69 Å². The van der Waals surface area contributed by atoms with Crippen LogP contribution in [-0.4, -0.2) is 55.5 Å². The Morgan fingerprint density at radius 2 is 1.60 bits per heavy atom. The summed E-state index contributed by atoms with van der Waals surface area (Å²) in [5.74, 6) is -1.36. The van der Waals surface area contributed by atoms with Crippen molar-refractivity contribution in [2.24, 2.45) is 10.9 Å². The average Bonchev–Trinajstić information content (AvgIpc) is 2.80. The van der Waals surface area contributed by atoms with Crippen LogP contribution in [0.25, 0.3) is 0 Å². The molecule has 2 aliphatic heterocycles. The highest BCUT2D eigenvalue weighted by Gasteiger charge is 2.42. The number of hydrogen-bond donors (Lipinski definition) is 1. The third-order valence-electron chi connectivity index (χ3n) is 5.48. The number of anilines is 1. The molecule has 0 aliphatic carbocycles. The quantitative estimate of drug-likeness (QED) is 0.623. The van der Waals surface area contributed by atoms with E-state index in [9.17, 15) is 9.59 Å². The van der Waals surface area contributed by atoms with Crippen molar-refractivity contribution in [1.29, 1.82) is 0 Å². The number of nitrogens with zero attached hydrogens (tertiary/aromatic N) is 3. The molecule has 1 N–H and O–H groups in total. The van der Waals surface area contributed by atoms with Crippen molar-refractivity contribution < 1.29 is 14.3 Å². The number of piperazine rings is 1. The molecule has 2 aromatic carbocycles. The number of nitrogens with one attached hydrogen (secondary N) is 1. The predicted octanol–water partition coefficient (Wildman–Crippen LogP) is 2.22. The molecule has 2 atom stereocenters. The van der Waals surface area contributed by atoms with Crippen LogP contribution in [0.3, 0.4) is 0 Å². The van der Waals surface area contributed by atoms with Gasteiger partial charge in [-0.05, 0) is 24.6 Å². The van der Waals surface area contributed by atoms with Crippen molar-refractivity contribution in [3.05, 3.63) is 66.2 Å². The van der Waals surface area contributed by atoms with Crippen molar-refractivity contribution in [2.75, 3.05) is 37.7 Å². The number of benzene rings is 2. The molecular formula is C23H26N4O3. The maximum Gasteiger partial charge on any atom is 0.321 e. The first-order valence-corrected chi connectivity index (χ1v) is 10.3. The molecule has 1 amide bonds. The maximum atomic E-state index is 12.9. The Morgan fingerprint density at radius 3 is 2.23 bits per heavy atom. The lowest BCUT2D eigenvalue weighted by molar-refractivity contribution is -0.153. The van der Waals surface area contributed by atoms with Crippen LogP contribution in [-0.2, 0) is 14.3 Å². The van der Waals surface area contributed by atoms with E-state index in [-0.39, 0.29) is 12.5 Å². The van der Waals surface area contributed by atoms with Gasteiger partial charge in [-0.2, -0.15) is 0 Å². The third-order valence-corrected chi connectivity index (χ3v) is 5.48. The van der Waals surface area contributed by atoms with Crippen molar-refractivity contribution in [2.45, 2.75) is 13.0 Å². The second kappa shape index (κ2) is 8.98. The van der Waals surface area contributed by atoms with Crippen molar-refractivity contribution >= 4 is 23.5 Å². The standard InChI is InChI=1S/C23H26N4O3/c1-2-30-22(29)19-20(17-9-5-3-6-10-17)24-23(25-21(19)28)27-15-13-26(14-16-27)18-11-7-4-8-12-18/h3-12,19-20H,2,13-16H2,1H3,(H,24,25,28)/t19-,20+/m0/s1. The van der Waals surface area contributed by atoms with Crippen LogP contribution in [0.1, 0.15) is 18.5 Å². The van der Waals surface area contributed by atoms with Gasteiger partial charge in [0, 0.05) is 31.9 Å². The number of rotatable bonds is 4. The Hall–Kier alpha value is -3.35. The minimum Gasteiger partial charge on any atom is -0.465 e. The molecule has 7 heteroatoms. The first-order valence-electron chi connectivity index (χ1n) is 10.3. The molecule has 1 fully saturated rings. The highest BCUT2D eigenvalue weighted by molar-refractivity contribution is 6.08. The van der Waals surface area contributed by atoms with Crippen LogP contribution in [0.4, 0.5) is 5.69 Å². The molecule has 4 rings (SSSR count). The summed E-state index contributed by atoms with van der Waals surface area (Å²) in [6.45, 7) is 5.09. The number of amides is 1. The number of guanidine groups is 1. The molecule has 30 heavy (non-hydrogen) atoms. The number of hydrogen-bond acceptors (Lipinski definition) is 6. The topological polar surface area (TPSA) is 74.2 Å². The first kappa shape index (κ1) is 19.9. The van der Waals surface area contributed by atoms with Crippen molar-refractivity contribution in [3.63, 3.8) is 0 Å². The zero-order valence-electron chi connectivity index (χ0n) is 17.0. The molecule has 0 saturated carbocycles. The number of aliphatic imine (C=N–C) groups is 1. The Labute approximate surface area is 176 Å². The molecule has 0 radical (unpaired) electrons. The van der Waals surface area contributed by atoms with Crippen LogP contribution in [0.2, 0.25) is 0 Å². The Kier molecular flexibility index (Phi) is 5.97. The van der Waals surface area contributed by atoms with Gasteiger partial charge in [0.05, 0.1) is 6.61 Å². The van der Waals surface area contributed by atoms with Crippen LogP contribution in [0, 0.1) is 5.92 Å². The highest BCUT2D eigenvalue weighted by Crippen LogP contribution is 2.31. The van der Waals surface area contributed by atoms with E-state index in [1.54, 1.807) is 6.92 Å². The second-order valence-corrected chi connectivity index (χ2v) is 7.34. The van der Waals surface area contributed by atoms with Gasteiger partial charge < -0.3 is 14.5 Å². The van der Waals surface area contributed by atoms with Gasteiger partial charge in [0.1, 0.15) is 6.04 Å². The van der Waals surface area contributed by atoms with Crippen LogP contribution in [0.5, 0.6) is 0 Å². The van der Waals surface area contributed by atoms with Gasteiger partial charge in [0.25, 0.3) is 0 Å². The predicted molar refractivity (Wildman–Crippen MR) is 115 cm³/mol. The van der Waals surface area contributed by atoms with E-state index < -0.39 is 17.9 Å². The molecule has 1 saturated heterocycles. The summed E-state index contributed by atoms with van der Waals surface area (Å²) in [6, 6.07) is 19.1. The minimum absolute atomic E-state index is 0.224. The molecule has 0 spiro atoms. The Balaban J connectivity index is 1.55. The van der Waals surface area contributed by atoms with Gasteiger partial charge in [0.2, 0.25) is 11.9 Å². The van der Waals surface area contributed by atoms with Crippen LogP contribution >= 0.6 is 0 Å². The smallest absolute Gasteiger partial charge is 0.321 e. The van der Waals surface area contributed by atoms with Gasteiger partial charge >= 0.3 is 5.97 Å². The lowest BCUT2D eigenvalue weighted by atomic mass is 9.91. The summed E-state index contributed by atoms with van der Waals surface area (Å²) in [6.07, 6.45) is 0. The maximum absolute atomic E-state index is 12.9. The zero-order valence-corrected chi connectivity index (χ0v) is 17.0. The summed E-state index contributed by atoms with van der Waals surface area (Å²) in [4.78, 5) is 34.6. The molecule has 156 valence electrons. The zero-order chi connectivity index (χ0) is 20.9. The summed E-state index contributed by atoms with van der Waals surface area (Å²) in [5.41, 5.74) is 2.02. The van der Waals surface area contributed by atoms with Crippen molar-refractivity contribution in [3.8, 4) is 0 Å². The van der Waals surface area contributed by atoms with E-state index in [2.05, 4.69) is 27.2 Å². The van der Waals surface area contributed by atoms with Gasteiger partial charge in [0.15, 0.2) is 5.92 Å². The molecule has 0 aromatic heterocycles. The SMILES string of the molecule is CCOC(=O)[C@@H]1C(=O)NC(N2CCN(c3ccccc3)CC2)=N[C@@H]1c1ccccc1. The Morgan fingerprint density at radius 1 is 1.00 bits per heavy atom. The molecule has 2 aromatic rings. The number of ether oxygens (including phenoxy) is 1. The normalized spacial score (nSPS) is 21.6. The first-order chi connectivity index (χ1) is 14.7. The van der Waals surface area contributed by atoms with Gasteiger partial charge in [-0.25, -0.2) is 4.99 Å². The van der Waals surface area contributed by atoms with Crippen LogP contribution in [0.15, 0.2) is 65.7 Å². The fraction of sp³-hybridized carbons (Fsp3) is 0.348. The van der Waals surface area contributed by atoms with Gasteiger partial charge in [-0.3, -0.25) is 14.9 Å². The number of carbonyl (C=O) groups is 2. The molecule has 0 unspecified atom stereocenters. The van der Waals surface area contributed by atoms with E-state index in [4.69, 9.17) is 9.73 Å². The van der Waals surface area contributed by atoms with Crippen molar-refractivity contribution in [1.82, 2.24) is 10.2 Å². The van der Waals surface area contributed by atoms with E-state index in [0.717, 1.165) is 31.7 Å². The van der Waals surface area contributed by atoms with E-state index >= 15 is 0 Å². The number of carbonyl (C=O) groups excluding carboxylic acids is 2. The molecule has 2 aliphatic rings. The monoisotopic (exact) mass is 406 g/mol. The molecule has 0 bridgehead atoms. The largest absolute Gasteiger partial charge is 0.465 e. The van der Waals surface area contributed by atoms with E-state index in [1.807, 2.05) is 48.5 Å². The number of esters is 1. The molecule has 2 heterocycles. The van der Waals surface area contributed by atoms with Crippen LogP contribution < -0.4 is 10.2 Å². The fourth-order valence-electron chi connectivity index (χ4n) is 3.93. The summed E-state index contributed by atoms with van der Waals surface area (Å²) >= 11 is 0. The number of para-hydroxylation sites is 1. The lowest BCUT2D eigenvalue weighted by Gasteiger charge is -2.39. The summed E-state index contributed by atoms with van der Waals surface area (Å²) in [5, 5.41) is 2.85. The Bertz CT molecular complexity index is 909. The lowest BCUT2D eigenvalue weighted by Crippen LogP contribution is -2.57. The minimum atomic E-state index is -0.985. The van der Waals surface area contributed by atoms with Gasteiger partial charge in [-0.1, -0.05) is 48.5 Å². The summed E-state index contributed by atoms with van der Waals surface area (Å²) < 4.78 is 5.16. The highest BCUT2D eigenvalue weighted by atomic mass is 16.5. The molecule has 7 nitrogen and oxygen atoms in total. The average molecular weight is 406 g/mol. The fourth-order valence-corrected chi connectivity index (χ4v) is 3.93. The summed E-state index contributed by atoms with van der Waals surface area (Å²) in [7, 11) is 0. The second-order valence-electron chi connectivity index (χ2n) is 7.34. The van der Waals surface area contributed by atoms with E-state index in [0.29, 0.717) is 5.96 Å². The third kappa shape index (κ3) is 4.15. The van der Waals surface area contributed by atoms with Gasteiger partial charge in [-0.15, -0.1) is 0 Å². The molecular weight excluding hydrogens is 380 g/mol.